The number of anilines is 1. The molecule has 4 N–H and O–H groups in total. The highest BCUT2D eigenvalue weighted by molar-refractivity contribution is 7.48. The molecular formula is C78H77N8O15PSi. The van der Waals surface area contributed by atoms with Gasteiger partial charge in [-0.25, -0.2) is 20.7 Å². The second-order valence-corrected chi connectivity index (χ2v) is 31.9. The van der Waals surface area contributed by atoms with E-state index < -0.39 is 94.6 Å². The lowest BCUT2D eigenvalue weighted by molar-refractivity contribution is -0.120. The molecule has 2 aliphatic heterocycles. The van der Waals surface area contributed by atoms with Crippen molar-refractivity contribution < 1.29 is 56.5 Å². The van der Waals surface area contributed by atoms with Crippen molar-refractivity contribution in [3.63, 3.8) is 0 Å². The van der Waals surface area contributed by atoms with Crippen molar-refractivity contribution >= 4 is 55.0 Å². The zero-order valence-electron chi connectivity index (χ0n) is 57.3. The van der Waals surface area contributed by atoms with E-state index in [0.717, 1.165) is 25.6 Å². The van der Waals surface area contributed by atoms with Gasteiger partial charge in [-0.1, -0.05) is 184 Å². The molecule has 7 aromatic carbocycles. The second kappa shape index (κ2) is 31.7. The van der Waals surface area contributed by atoms with Crippen molar-refractivity contribution in [2.75, 3.05) is 52.4 Å². The summed E-state index contributed by atoms with van der Waals surface area (Å²) in [6, 6.07) is 63.0. The van der Waals surface area contributed by atoms with Gasteiger partial charge in [0.1, 0.15) is 65.9 Å². The quantitative estimate of drug-likeness (QED) is 0.00981. The smallest absolute Gasteiger partial charge is 0.475 e. The summed E-state index contributed by atoms with van der Waals surface area (Å²) < 4.78 is 69.7. The number of phosphoric ester groups is 1. The largest absolute Gasteiger partial charge is 0.497 e. The summed E-state index contributed by atoms with van der Waals surface area (Å²) in [7, 11) is -4.69. The number of carbonyl (C=O) groups is 2. The SMILES string of the molecule is [C-]#[N+]CCOP(=O)(OC[C@H]1O[C@@H](n2ccc(NC(=O)c3ccccc3)nc2=O)CC1O)OC1C[C@H](n2cc(C#CCNC(=O)Cc3cn([Si](c4ccccc4)(c4ccccc4)C(C)(C)C)c4ccccc34)c(=O)[nH]c2=O)O[C@@H]1COC(c1ccccc1)(c1ccc(OC)cc1)c1ccc(OC)cc1. The Morgan fingerprint density at radius 1 is 0.718 bits per heavy atom. The number of rotatable bonds is 26. The lowest BCUT2D eigenvalue weighted by Gasteiger charge is -2.45. The first kappa shape index (κ1) is 72.2. The van der Waals surface area contributed by atoms with Crippen molar-refractivity contribution in [2.24, 2.45) is 0 Å². The van der Waals surface area contributed by atoms with Crippen LogP contribution in [0.1, 0.15) is 84.2 Å². The third-order valence-corrected chi connectivity index (χ3v) is 25.5. The number of aromatic nitrogens is 5. The van der Waals surface area contributed by atoms with E-state index in [1.165, 1.54) is 28.8 Å². The van der Waals surface area contributed by atoms with Crippen LogP contribution in [0.5, 0.6) is 11.5 Å². The van der Waals surface area contributed by atoms with Gasteiger partial charge in [-0.3, -0.25) is 42.1 Å². The fourth-order valence-electron chi connectivity index (χ4n) is 13.6. The lowest BCUT2D eigenvalue weighted by atomic mass is 9.80. The Morgan fingerprint density at radius 3 is 1.91 bits per heavy atom. The molecule has 3 unspecified atom stereocenters. The highest BCUT2D eigenvalue weighted by atomic mass is 31.2. The fourth-order valence-corrected chi connectivity index (χ4v) is 20.5. The lowest BCUT2D eigenvalue weighted by Crippen LogP contribution is -2.69. The van der Waals surface area contributed by atoms with Crippen LogP contribution in [0, 0.1) is 18.4 Å². The molecule has 3 aromatic heterocycles. The molecule has 12 rings (SSSR count). The number of carbonyl (C=O) groups excluding carboxylic acids is 2. The highest BCUT2D eigenvalue weighted by Gasteiger charge is 2.52. The maximum absolute atomic E-state index is 15.3. The van der Waals surface area contributed by atoms with Crippen molar-refractivity contribution in [3.8, 4) is 23.3 Å². The van der Waals surface area contributed by atoms with Gasteiger partial charge in [0.25, 0.3) is 11.5 Å². The van der Waals surface area contributed by atoms with E-state index in [9.17, 15) is 29.1 Å². The summed E-state index contributed by atoms with van der Waals surface area (Å²) in [4.78, 5) is 77.9. The van der Waals surface area contributed by atoms with Crippen molar-refractivity contribution in [1.29, 1.82) is 0 Å². The van der Waals surface area contributed by atoms with Crippen LogP contribution < -0.4 is 47.4 Å². The summed E-state index contributed by atoms with van der Waals surface area (Å²) in [6.07, 6.45) is -3.15. The normalized spacial score (nSPS) is 18.1. The molecule has 0 aliphatic carbocycles. The Kier molecular flexibility index (Phi) is 22.2. The van der Waals surface area contributed by atoms with Crippen LogP contribution in [0.3, 0.4) is 0 Å². The molecule has 0 radical (unpaired) electrons. The van der Waals surface area contributed by atoms with Gasteiger partial charge in [0, 0.05) is 47.9 Å². The summed E-state index contributed by atoms with van der Waals surface area (Å²) >= 11 is 0. The van der Waals surface area contributed by atoms with E-state index >= 15 is 4.57 Å². The number of hydrogen-bond donors (Lipinski definition) is 4. The summed E-state index contributed by atoms with van der Waals surface area (Å²) in [5.41, 5.74) is 0.0676. The fraction of sp³-hybridized carbons (Fsp3) is 0.269. The Morgan fingerprint density at radius 2 is 1.30 bits per heavy atom. The Labute approximate surface area is 595 Å². The van der Waals surface area contributed by atoms with Crippen LogP contribution in [-0.4, -0.2) is 120 Å². The molecule has 23 nitrogen and oxygen atoms in total. The monoisotopic (exact) mass is 1420 g/mol. The number of aromatic amines is 1. The minimum atomic E-state index is -4.89. The van der Waals surface area contributed by atoms with E-state index in [1.807, 2.05) is 84.9 Å². The summed E-state index contributed by atoms with van der Waals surface area (Å²) in [5, 5.41) is 20.0. The van der Waals surface area contributed by atoms with E-state index in [0.29, 0.717) is 33.8 Å². The van der Waals surface area contributed by atoms with Crippen LogP contribution in [0.4, 0.5) is 5.82 Å². The first-order chi connectivity index (χ1) is 49.8. The van der Waals surface area contributed by atoms with Crippen LogP contribution in [0.2, 0.25) is 5.04 Å². The van der Waals surface area contributed by atoms with Gasteiger partial charge in [0.05, 0.1) is 46.5 Å². The van der Waals surface area contributed by atoms with Gasteiger partial charge in [-0.05, 0) is 86.2 Å². The number of aliphatic hydroxyl groups excluding tert-OH is 1. The van der Waals surface area contributed by atoms with Crippen molar-refractivity contribution in [3.05, 3.63) is 295 Å². The molecular weight excluding hydrogens is 1350 g/mol. The molecule has 2 amide bonds. The average molecular weight is 1430 g/mol. The van der Waals surface area contributed by atoms with Gasteiger partial charge in [-0.15, -0.1) is 0 Å². The number of phosphoric acid groups is 1. The Hall–Kier alpha value is -10.6. The molecule has 528 valence electrons. The Balaban J connectivity index is 0.824. The summed E-state index contributed by atoms with van der Waals surface area (Å²) in [6.45, 7) is 12.5. The molecule has 2 aliphatic rings. The van der Waals surface area contributed by atoms with E-state index in [4.69, 9.17) is 43.8 Å². The zero-order chi connectivity index (χ0) is 72.3. The molecule has 2 fully saturated rings. The number of benzene rings is 7. The third-order valence-electron chi connectivity index (χ3n) is 18.4. The number of amides is 2. The molecule has 5 heterocycles. The van der Waals surface area contributed by atoms with Crippen LogP contribution in [0.15, 0.2) is 233 Å². The minimum Gasteiger partial charge on any atom is -0.497 e. The van der Waals surface area contributed by atoms with Gasteiger partial charge in [0.15, 0.2) is 0 Å². The number of aliphatic hydroxyl groups is 1. The van der Waals surface area contributed by atoms with E-state index in [-0.39, 0.29) is 61.3 Å². The number of methoxy groups -OCH3 is 2. The van der Waals surface area contributed by atoms with Gasteiger partial charge < -0.3 is 48.5 Å². The zero-order valence-corrected chi connectivity index (χ0v) is 59.1. The maximum Gasteiger partial charge on any atom is 0.475 e. The molecule has 0 saturated carbocycles. The van der Waals surface area contributed by atoms with Gasteiger partial charge in [-0.2, -0.15) is 4.98 Å². The van der Waals surface area contributed by atoms with Crippen LogP contribution >= 0.6 is 7.82 Å². The van der Waals surface area contributed by atoms with E-state index in [1.54, 1.807) is 68.8 Å². The van der Waals surface area contributed by atoms with Gasteiger partial charge in [0.2, 0.25) is 20.7 Å². The molecule has 25 heteroatoms. The standard InChI is InChI=1S/C78H77N8O15PSi/c1-77(2,3)103(61-27-15-9-16-28-61,62-29-17-10-18-30-62)86-50-55(63-31-19-20-32-64(63)86)46-70(88)80-42-21-24-54-49-85(76(92)83-74(54)90)72-48-66(68(100-72)51-96-78(56-25-13-8-14-26-56,57-33-37-59(94-5)38-34-57)58-35-39-60(95-6)40-36-58)101-102(93,97-45-43-79-4)98-52-67-65(87)47-71(99-67)84-44-41-69(82-75(84)91)81-73(89)53-22-11-7-12-23-53/h7-20,22-23,25-41,44,49-50,65-68,71-72,87H,42-43,45-48,51-52H2,1-3,5-6H3,(H,80,88)(H,83,90,92)(H,81,82,89,91)/t65?,66?,67-,68-,71-,72-,102?/m1/s1. The predicted molar refractivity (Wildman–Crippen MR) is 390 cm³/mol. The molecule has 0 bridgehead atoms. The second-order valence-electron chi connectivity index (χ2n) is 25.7. The first-order valence-corrected chi connectivity index (χ1v) is 36.9. The first-order valence-electron chi connectivity index (χ1n) is 33.5. The summed E-state index contributed by atoms with van der Waals surface area (Å²) in [5.74, 6) is 6.07. The average Bonchev–Trinajstić information content (AvgIpc) is 1.66. The maximum atomic E-state index is 15.3. The number of hydrogen-bond acceptors (Lipinski definition) is 16. The molecule has 2 saturated heterocycles. The van der Waals surface area contributed by atoms with Crippen molar-refractivity contribution in [2.45, 2.75) is 87.5 Å². The number of fused-ring (bicyclic) bond motifs is 1. The molecule has 0 spiro atoms. The number of ether oxygens (including phenoxy) is 5. The van der Waals surface area contributed by atoms with Crippen LogP contribution in [-0.2, 0) is 49.2 Å². The number of nitrogens with one attached hydrogen (secondary N) is 3. The molecule has 103 heavy (non-hydrogen) atoms. The number of nitrogens with zero attached hydrogens (tertiary/aromatic N) is 5. The van der Waals surface area contributed by atoms with E-state index in [2.05, 4.69) is 123 Å². The predicted octanol–water partition coefficient (Wildman–Crippen LogP) is 9.53. The number of para-hydroxylation sites is 1. The number of H-pyrrole nitrogens is 1. The highest BCUT2D eigenvalue weighted by Crippen LogP contribution is 2.54. The minimum absolute atomic E-state index is 0.0184. The molecule has 10 aromatic rings. The van der Waals surface area contributed by atoms with Crippen molar-refractivity contribution in [1.82, 2.24) is 28.7 Å². The molecule has 7 atom stereocenters. The third kappa shape index (κ3) is 15.6. The topological polar surface area (TPSA) is 268 Å². The Bertz CT molecular complexity index is 4890. The van der Waals surface area contributed by atoms with Gasteiger partial charge >= 0.3 is 19.2 Å². The van der Waals surface area contributed by atoms with Crippen LogP contribution in [0.25, 0.3) is 15.7 Å².